The zero-order valence-corrected chi connectivity index (χ0v) is 7.79. The molecule has 0 saturated heterocycles. The Morgan fingerprint density at radius 1 is 1.27 bits per heavy atom. The van der Waals surface area contributed by atoms with Crippen molar-refractivity contribution in [2.75, 3.05) is 0 Å². The van der Waals surface area contributed by atoms with Gasteiger partial charge in [-0.3, -0.25) is 0 Å². The normalized spacial score (nSPS) is 10.2. The molecule has 0 aliphatic heterocycles. The fraction of sp³-hybridized carbons (Fsp3) is 0.333. The lowest BCUT2D eigenvalue weighted by Crippen LogP contribution is -1.93. The number of benzene rings is 1. The van der Waals surface area contributed by atoms with Crippen molar-refractivity contribution in [2.45, 2.75) is 19.8 Å². The van der Waals surface area contributed by atoms with Crippen LogP contribution in [0, 0.1) is 0 Å². The summed E-state index contributed by atoms with van der Waals surface area (Å²) in [6.07, 6.45) is 0. The lowest BCUT2D eigenvalue weighted by atomic mass is 10.0. The highest BCUT2D eigenvalue weighted by Crippen LogP contribution is 2.24. The van der Waals surface area contributed by atoms with Crippen LogP contribution in [0.1, 0.15) is 25.3 Å². The van der Waals surface area contributed by atoms with Crippen molar-refractivity contribution in [3.63, 3.8) is 0 Å². The first kappa shape index (κ1) is 8.33. The molecule has 1 nitrogen and oxygen atoms in total. The van der Waals surface area contributed by atoms with Crippen LogP contribution in [0.15, 0.2) is 24.3 Å². The quantitative estimate of drug-likeness (QED) is 0.608. The minimum atomic E-state index is 0.502. The highest BCUT2D eigenvalue weighted by atomic mass is 28.2. The maximum absolute atomic E-state index is 5.01. The Bertz CT molecular complexity index is 233. The molecule has 1 aromatic rings. The Labute approximate surface area is 70.9 Å². The predicted molar refractivity (Wildman–Crippen MR) is 46.9 cm³/mol. The van der Waals surface area contributed by atoms with Gasteiger partial charge in [0, 0.05) is 0 Å². The molecule has 1 aromatic carbocycles. The van der Waals surface area contributed by atoms with E-state index in [-0.39, 0.29) is 0 Å². The first-order chi connectivity index (χ1) is 5.25. The summed E-state index contributed by atoms with van der Waals surface area (Å²) < 4.78 is 5.01. The van der Waals surface area contributed by atoms with Crippen LogP contribution in [0.2, 0.25) is 0 Å². The van der Waals surface area contributed by atoms with Gasteiger partial charge in [0.2, 0.25) is 0 Å². The van der Waals surface area contributed by atoms with E-state index in [4.69, 9.17) is 4.43 Å². The summed E-state index contributed by atoms with van der Waals surface area (Å²) in [5.74, 6) is 1.40. The number of hydrogen-bond donors (Lipinski definition) is 0. The van der Waals surface area contributed by atoms with Crippen molar-refractivity contribution >= 4 is 10.5 Å². The molecular formula is C9H11OSi. The maximum atomic E-state index is 5.01. The third kappa shape index (κ3) is 1.83. The Balaban J connectivity index is 3.02. The van der Waals surface area contributed by atoms with Gasteiger partial charge in [-0.25, -0.2) is 0 Å². The molecule has 0 bridgehead atoms. The smallest absolute Gasteiger partial charge is 0.341 e. The molecule has 0 amide bonds. The lowest BCUT2D eigenvalue weighted by Gasteiger charge is -2.10. The molecule has 1 rings (SSSR count). The summed E-state index contributed by atoms with van der Waals surface area (Å²) >= 11 is 0. The molecule has 3 radical (unpaired) electrons. The second kappa shape index (κ2) is 3.58. The fourth-order valence-corrected chi connectivity index (χ4v) is 1.24. The molecule has 0 N–H and O–H groups in total. The van der Waals surface area contributed by atoms with Gasteiger partial charge in [0.15, 0.2) is 0 Å². The molecule has 0 aliphatic rings. The van der Waals surface area contributed by atoms with Crippen LogP contribution < -0.4 is 4.43 Å². The summed E-state index contributed by atoms with van der Waals surface area (Å²) in [6.45, 7) is 4.29. The van der Waals surface area contributed by atoms with Crippen molar-refractivity contribution in [3.05, 3.63) is 29.8 Å². The fourth-order valence-electron chi connectivity index (χ4n) is 1.05. The largest absolute Gasteiger partial charge is 0.540 e. The second-order valence-corrected chi connectivity index (χ2v) is 3.00. The molecule has 0 unspecified atom stereocenters. The van der Waals surface area contributed by atoms with E-state index in [1.165, 1.54) is 5.56 Å². The Kier molecular flexibility index (Phi) is 2.71. The highest BCUT2D eigenvalue weighted by Gasteiger charge is 2.03. The summed E-state index contributed by atoms with van der Waals surface area (Å²) in [6, 6.07) is 7.99. The zero-order chi connectivity index (χ0) is 8.27. The van der Waals surface area contributed by atoms with Crippen LogP contribution in [0.25, 0.3) is 0 Å². The van der Waals surface area contributed by atoms with Crippen LogP contribution >= 0.6 is 0 Å². The van der Waals surface area contributed by atoms with E-state index in [0.29, 0.717) is 5.92 Å². The van der Waals surface area contributed by atoms with Crippen molar-refractivity contribution in [2.24, 2.45) is 0 Å². The summed E-state index contributed by atoms with van der Waals surface area (Å²) in [5.41, 5.74) is 1.22. The molecule has 0 spiro atoms. The van der Waals surface area contributed by atoms with Crippen molar-refractivity contribution in [3.8, 4) is 5.75 Å². The van der Waals surface area contributed by atoms with Gasteiger partial charge in [-0.1, -0.05) is 32.0 Å². The van der Waals surface area contributed by atoms with Crippen LogP contribution in [-0.2, 0) is 0 Å². The third-order valence-corrected chi connectivity index (χ3v) is 1.87. The topological polar surface area (TPSA) is 9.23 Å². The minimum Gasteiger partial charge on any atom is -0.540 e. The molecular weight excluding hydrogens is 152 g/mol. The molecule has 0 saturated carbocycles. The van der Waals surface area contributed by atoms with Gasteiger partial charge in [-0.05, 0) is 17.5 Å². The first-order valence-electron chi connectivity index (χ1n) is 3.68. The monoisotopic (exact) mass is 163 g/mol. The molecule has 0 fully saturated rings. The van der Waals surface area contributed by atoms with Crippen LogP contribution in [-0.4, -0.2) is 10.5 Å². The molecule has 57 valence electrons. The van der Waals surface area contributed by atoms with Crippen molar-refractivity contribution < 1.29 is 4.43 Å². The van der Waals surface area contributed by atoms with E-state index in [9.17, 15) is 0 Å². The van der Waals surface area contributed by atoms with E-state index in [2.05, 4.69) is 30.4 Å². The Morgan fingerprint density at radius 2 is 1.91 bits per heavy atom. The summed E-state index contributed by atoms with van der Waals surface area (Å²) in [7, 11) is 3.02. The van der Waals surface area contributed by atoms with E-state index >= 15 is 0 Å². The van der Waals surface area contributed by atoms with E-state index in [1.807, 2.05) is 18.2 Å². The Hall–Kier alpha value is -0.763. The summed E-state index contributed by atoms with van der Waals surface area (Å²) in [5, 5.41) is 0. The van der Waals surface area contributed by atoms with E-state index in [0.717, 1.165) is 5.75 Å². The molecule has 0 atom stereocenters. The highest BCUT2D eigenvalue weighted by molar-refractivity contribution is 6.00. The van der Waals surface area contributed by atoms with Crippen molar-refractivity contribution in [1.29, 1.82) is 0 Å². The SMILES string of the molecule is CC(C)c1ccccc1O[Si]. The minimum absolute atomic E-state index is 0.502. The van der Waals surface area contributed by atoms with Crippen LogP contribution in [0.3, 0.4) is 0 Å². The van der Waals surface area contributed by atoms with Gasteiger partial charge in [0.1, 0.15) is 5.75 Å². The molecule has 0 aliphatic carbocycles. The van der Waals surface area contributed by atoms with E-state index in [1.54, 1.807) is 0 Å². The first-order valence-corrected chi connectivity index (χ1v) is 4.09. The van der Waals surface area contributed by atoms with Crippen LogP contribution in [0.5, 0.6) is 5.75 Å². The number of rotatable bonds is 2. The molecule has 0 aromatic heterocycles. The average molecular weight is 163 g/mol. The van der Waals surface area contributed by atoms with Gasteiger partial charge < -0.3 is 4.43 Å². The van der Waals surface area contributed by atoms with Gasteiger partial charge in [-0.2, -0.15) is 0 Å². The van der Waals surface area contributed by atoms with Gasteiger partial charge in [0.25, 0.3) is 0 Å². The van der Waals surface area contributed by atoms with Crippen molar-refractivity contribution in [1.82, 2.24) is 0 Å². The van der Waals surface area contributed by atoms with Crippen LogP contribution in [0.4, 0.5) is 0 Å². The summed E-state index contributed by atoms with van der Waals surface area (Å²) in [4.78, 5) is 0. The van der Waals surface area contributed by atoms with Gasteiger partial charge >= 0.3 is 10.5 Å². The Morgan fingerprint density at radius 3 is 2.36 bits per heavy atom. The molecule has 0 heterocycles. The average Bonchev–Trinajstić information content (AvgIpc) is 2.04. The third-order valence-electron chi connectivity index (χ3n) is 1.65. The number of hydrogen-bond acceptors (Lipinski definition) is 1. The zero-order valence-electron chi connectivity index (χ0n) is 6.79. The maximum Gasteiger partial charge on any atom is 0.341 e. The number of para-hydroxylation sites is 1. The lowest BCUT2D eigenvalue weighted by molar-refractivity contribution is 0.597. The van der Waals surface area contributed by atoms with Gasteiger partial charge in [-0.15, -0.1) is 0 Å². The second-order valence-electron chi connectivity index (χ2n) is 2.79. The van der Waals surface area contributed by atoms with E-state index < -0.39 is 0 Å². The molecule has 2 heteroatoms. The predicted octanol–water partition coefficient (Wildman–Crippen LogP) is 2.27. The molecule has 11 heavy (non-hydrogen) atoms. The van der Waals surface area contributed by atoms with Gasteiger partial charge in [0.05, 0.1) is 0 Å². The standard InChI is InChI=1S/C9H11OSi/c1-7(2)8-5-3-4-6-9(8)10-11/h3-7H,1-2H3.